The van der Waals surface area contributed by atoms with Gasteiger partial charge < -0.3 is 15.2 Å². The molecule has 0 amide bonds. The van der Waals surface area contributed by atoms with Gasteiger partial charge in [-0.25, -0.2) is 0 Å². The van der Waals surface area contributed by atoms with Crippen molar-refractivity contribution < 1.29 is 9.84 Å². The molecule has 0 aromatic carbocycles. The molecule has 2 fully saturated rings. The minimum atomic E-state index is 0.265. The second kappa shape index (κ2) is 7.43. The highest BCUT2D eigenvalue weighted by atomic mass is 16.5. The molecule has 1 heterocycles. The first-order chi connectivity index (χ1) is 8.83. The zero-order valence-electron chi connectivity index (χ0n) is 11.6. The fourth-order valence-corrected chi connectivity index (χ4v) is 3.41. The lowest BCUT2D eigenvalue weighted by Gasteiger charge is -2.38. The van der Waals surface area contributed by atoms with Gasteiger partial charge in [-0.05, 0) is 45.1 Å². The first-order valence-corrected chi connectivity index (χ1v) is 7.44. The Morgan fingerprint density at radius 3 is 2.83 bits per heavy atom. The van der Waals surface area contributed by atoms with E-state index in [0.717, 1.165) is 26.1 Å². The topological polar surface area (TPSA) is 44.7 Å². The number of nitrogens with zero attached hydrogens (tertiary/aromatic N) is 1. The molecule has 106 valence electrons. The molecule has 1 aliphatic heterocycles. The summed E-state index contributed by atoms with van der Waals surface area (Å²) in [6.07, 6.45) is 7.83. The molecule has 18 heavy (non-hydrogen) atoms. The minimum Gasteiger partial charge on any atom is -0.395 e. The van der Waals surface area contributed by atoms with E-state index in [1.165, 1.54) is 32.1 Å². The van der Waals surface area contributed by atoms with Crippen LogP contribution in [0, 0.1) is 0 Å². The Bertz CT molecular complexity index is 232. The summed E-state index contributed by atoms with van der Waals surface area (Å²) in [5.74, 6) is 0. The van der Waals surface area contributed by atoms with Crippen molar-refractivity contribution in [3.63, 3.8) is 0 Å². The molecule has 1 saturated carbocycles. The zero-order chi connectivity index (χ0) is 12.8. The van der Waals surface area contributed by atoms with E-state index >= 15 is 0 Å². The maximum atomic E-state index is 9.27. The van der Waals surface area contributed by atoms with Gasteiger partial charge in [-0.2, -0.15) is 0 Å². The summed E-state index contributed by atoms with van der Waals surface area (Å²) in [5, 5.41) is 12.8. The quantitative estimate of drug-likeness (QED) is 0.744. The first-order valence-electron chi connectivity index (χ1n) is 7.44. The van der Waals surface area contributed by atoms with Gasteiger partial charge in [0, 0.05) is 32.3 Å². The van der Waals surface area contributed by atoms with Crippen LogP contribution in [-0.2, 0) is 4.74 Å². The van der Waals surface area contributed by atoms with Crippen molar-refractivity contribution in [1.29, 1.82) is 0 Å². The Morgan fingerprint density at radius 2 is 2.17 bits per heavy atom. The molecule has 1 aliphatic carbocycles. The summed E-state index contributed by atoms with van der Waals surface area (Å²) in [6, 6.07) is 1.22. The summed E-state index contributed by atoms with van der Waals surface area (Å²) in [4.78, 5) is 2.48. The van der Waals surface area contributed by atoms with Crippen LogP contribution in [-0.4, -0.2) is 61.5 Å². The summed E-state index contributed by atoms with van der Waals surface area (Å²) in [6.45, 7) is 3.31. The number of rotatable bonds is 6. The number of ether oxygens (including phenoxy) is 1. The molecule has 0 bridgehead atoms. The van der Waals surface area contributed by atoms with Crippen LogP contribution in [0.5, 0.6) is 0 Å². The van der Waals surface area contributed by atoms with Gasteiger partial charge in [0.05, 0.1) is 12.7 Å². The summed E-state index contributed by atoms with van der Waals surface area (Å²) < 4.78 is 5.51. The van der Waals surface area contributed by atoms with Crippen LogP contribution in [0.1, 0.15) is 38.5 Å². The molecule has 4 heteroatoms. The molecule has 2 N–H and O–H groups in total. The Balaban J connectivity index is 1.86. The van der Waals surface area contributed by atoms with Gasteiger partial charge in [0.1, 0.15) is 0 Å². The summed E-state index contributed by atoms with van der Waals surface area (Å²) in [5.41, 5.74) is 0. The number of aliphatic hydroxyl groups excluding tert-OH is 1. The zero-order valence-corrected chi connectivity index (χ0v) is 11.6. The number of nitrogens with one attached hydrogen (secondary N) is 1. The molecular weight excluding hydrogens is 228 g/mol. The van der Waals surface area contributed by atoms with Gasteiger partial charge in [0.15, 0.2) is 0 Å². The lowest BCUT2D eigenvalue weighted by atomic mass is 9.91. The van der Waals surface area contributed by atoms with Gasteiger partial charge in [-0.1, -0.05) is 0 Å². The average molecular weight is 256 g/mol. The van der Waals surface area contributed by atoms with E-state index in [4.69, 9.17) is 4.74 Å². The van der Waals surface area contributed by atoms with Crippen molar-refractivity contribution in [2.75, 3.05) is 33.4 Å². The van der Waals surface area contributed by atoms with Crippen LogP contribution < -0.4 is 5.32 Å². The van der Waals surface area contributed by atoms with Gasteiger partial charge in [-0.15, -0.1) is 0 Å². The van der Waals surface area contributed by atoms with Crippen molar-refractivity contribution in [3.05, 3.63) is 0 Å². The lowest BCUT2D eigenvalue weighted by molar-refractivity contribution is 0.0210. The largest absolute Gasteiger partial charge is 0.395 e. The molecular formula is C14H28N2O2. The van der Waals surface area contributed by atoms with E-state index in [1.54, 1.807) is 0 Å². The van der Waals surface area contributed by atoms with Crippen LogP contribution >= 0.6 is 0 Å². The van der Waals surface area contributed by atoms with Crippen LogP contribution in [0.25, 0.3) is 0 Å². The van der Waals surface area contributed by atoms with Crippen molar-refractivity contribution in [3.8, 4) is 0 Å². The number of hydrogen-bond donors (Lipinski definition) is 2. The van der Waals surface area contributed by atoms with Crippen molar-refractivity contribution in [2.45, 2.75) is 56.7 Å². The fraction of sp³-hybridized carbons (Fsp3) is 1.00. The van der Waals surface area contributed by atoms with Gasteiger partial charge in [-0.3, -0.25) is 4.90 Å². The molecule has 0 aromatic rings. The van der Waals surface area contributed by atoms with E-state index in [0.29, 0.717) is 18.2 Å². The molecule has 2 rings (SSSR count). The molecule has 0 spiro atoms. The van der Waals surface area contributed by atoms with Crippen LogP contribution in [0.15, 0.2) is 0 Å². The van der Waals surface area contributed by atoms with Crippen molar-refractivity contribution in [2.24, 2.45) is 0 Å². The third-order valence-electron chi connectivity index (χ3n) is 4.45. The van der Waals surface area contributed by atoms with Gasteiger partial charge in [0.2, 0.25) is 0 Å². The molecule has 3 unspecified atom stereocenters. The molecule has 3 atom stereocenters. The highest BCUT2D eigenvalue weighted by Gasteiger charge is 2.28. The predicted octanol–water partition coefficient (Wildman–Crippen LogP) is 0.990. The van der Waals surface area contributed by atoms with Crippen LogP contribution in [0.4, 0.5) is 0 Å². The molecule has 1 saturated heterocycles. The number of hydrogen-bond acceptors (Lipinski definition) is 4. The van der Waals surface area contributed by atoms with Crippen LogP contribution in [0.3, 0.4) is 0 Å². The van der Waals surface area contributed by atoms with E-state index in [1.807, 2.05) is 7.11 Å². The smallest absolute Gasteiger partial charge is 0.0586 e. The van der Waals surface area contributed by atoms with Gasteiger partial charge in [0.25, 0.3) is 0 Å². The molecule has 0 radical (unpaired) electrons. The van der Waals surface area contributed by atoms with Crippen molar-refractivity contribution >= 4 is 0 Å². The van der Waals surface area contributed by atoms with Gasteiger partial charge >= 0.3 is 0 Å². The highest BCUT2D eigenvalue weighted by Crippen LogP contribution is 2.25. The average Bonchev–Trinajstić information content (AvgIpc) is 2.91. The van der Waals surface area contributed by atoms with E-state index in [9.17, 15) is 5.11 Å². The normalized spacial score (nSPS) is 33.2. The third-order valence-corrected chi connectivity index (χ3v) is 4.45. The Kier molecular flexibility index (Phi) is 5.89. The maximum Gasteiger partial charge on any atom is 0.0586 e. The molecule has 4 nitrogen and oxygen atoms in total. The summed E-state index contributed by atoms with van der Waals surface area (Å²) >= 11 is 0. The highest BCUT2D eigenvalue weighted by molar-refractivity contribution is 4.85. The SMILES string of the molecule is COC1CCCC(N(CCO)CC2CCCN2)C1. The lowest BCUT2D eigenvalue weighted by Crippen LogP contribution is -2.47. The maximum absolute atomic E-state index is 9.27. The van der Waals surface area contributed by atoms with E-state index in [2.05, 4.69) is 10.2 Å². The minimum absolute atomic E-state index is 0.265. The van der Waals surface area contributed by atoms with Crippen LogP contribution in [0.2, 0.25) is 0 Å². The third kappa shape index (κ3) is 3.92. The molecule has 0 aromatic heterocycles. The predicted molar refractivity (Wildman–Crippen MR) is 72.7 cm³/mol. The first kappa shape index (κ1) is 14.3. The standard InChI is InChI=1S/C14H28N2O2/c1-18-14-6-2-5-13(10-14)16(8-9-17)11-12-4-3-7-15-12/h12-15,17H,2-11H2,1H3. The summed E-state index contributed by atoms with van der Waals surface area (Å²) in [7, 11) is 1.82. The Hall–Kier alpha value is -0.160. The van der Waals surface area contributed by atoms with E-state index in [-0.39, 0.29) is 6.61 Å². The fourth-order valence-electron chi connectivity index (χ4n) is 3.41. The second-order valence-corrected chi connectivity index (χ2v) is 5.69. The molecule has 2 aliphatic rings. The monoisotopic (exact) mass is 256 g/mol. The number of aliphatic hydroxyl groups is 1. The second-order valence-electron chi connectivity index (χ2n) is 5.69. The van der Waals surface area contributed by atoms with E-state index < -0.39 is 0 Å². The Morgan fingerprint density at radius 1 is 1.28 bits per heavy atom. The Labute approximate surface area is 111 Å². The number of methoxy groups -OCH3 is 1. The van der Waals surface area contributed by atoms with Crippen molar-refractivity contribution in [1.82, 2.24) is 10.2 Å².